The lowest BCUT2D eigenvalue weighted by Gasteiger charge is -2.12. The summed E-state index contributed by atoms with van der Waals surface area (Å²) in [5, 5.41) is 22.2. The summed E-state index contributed by atoms with van der Waals surface area (Å²) in [5.74, 6) is -0.820. The first kappa shape index (κ1) is 17.6. The average Bonchev–Trinajstić information content (AvgIpc) is 2.79. The number of hydrogen-bond acceptors (Lipinski definition) is 6. The zero-order chi connectivity index (χ0) is 18.1. The molecule has 0 spiro atoms. The Kier molecular flexibility index (Phi) is 4.70. The van der Waals surface area contributed by atoms with Gasteiger partial charge in [-0.25, -0.2) is 0 Å². The number of thiazole rings is 1. The minimum Gasteiger partial charge on any atom is -0.868 e. The summed E-state index contributed by atoms with van der Waals surface area (Å²) in [5.41, 5.74) is -1.15. The summed E-state index contributed by atoms with van der Waals surface area (Å²) in [7, 11) is 0. The molecule has 1 heterocycles. The predicted molar refractivity (Wildman–Crippen MR) is 89.2 cm³/mol. The van der Waals surface area contributed by atoms with Crippen LogP contribution < -0.4 is 19.9 Å². The largest absolute Gasteiger partial charge is 0.868 e. The number of benzene rings is 1. The normalized spacial score (nSPS) is 13.3. The van der Waals surface area contributed by atoms with E-state index in [-0.39, 0.29) is 10.3 Å². The van der Waals surface area contributed by atoms with Crippen molar-refractivity contribution in [1.29, 1.82) is 0 Å². The molecule has 0 unspecified atom stereocenters. The number of rotatable bonds is 3. The van der Waals surface area contributed by atoms with Crippen molar-refractivity contribution in [3.8, 4) is 5.75 Å². The number of hydrogen-bond donors (Lipinski definition) is 1. The molecule has 0 aliphatic rings. The molecule has 2 rings (SSSR count). The van der Waals surface area contributed by atoms with Gasteiger partial charge in [0.2, 0.25) is 0 Å². The highest BCUT2D eigenvalue weighted by molar-refractivity contribution is 7.07. The number of Topliss-reactive ketones (excluding diaryl/α,β-unsaturated/α-hetero) is 1. The van der Waals surface area contributed by atoms with E-state index in [0.717, 1.165) is 23.5 Å². The first-order valence-electron chi connectivity index (χ1n) is 7.00. The summed E-state index contributed by atoms with van der Waals surface area (Å²) >= 11 is 1.07. The molecule has 1 aromatic heterocycles. The Morgan fingerprint density at radius 2 is 2.00 bits per heavy atom. The summed E-state index contributed by atoms with van der Waals surface area (Å²) in [6.07, 6.45) is 2.81. The van der Waals surface area contributed by atoms with Gasteiger partial charge in [-0.3, -0.25) is 19.7 Å². The molecule has 0 saturated carbocycles. The molecule has 0 saturated heterocycles. The zero-order valence-corrected chi connectivity index (χ0v) is 14.1. The Balaban J connectivity index is 2.52. The molecule has 2 aromatic rings. The minimum atomic E-state index is -0.764. The molecule has 0 bridgehead atoms. The average molecular weight is 347 g/mol. The Bertz CT molecular complexity index is 979. The third kappa shape index (κ3) is 3.96. The smallest absolute Gasteiger partial charge is 0.266 e. The van der Waals surface area contributed by atoms with E-state index in [1.807, 2.05) is 0 Å². The van der Waals surface area contributed by atoms with Gasteiger partial charge in [0, 0.05) is 17.6 Å². The van der Waals surface area contributed by atoms with Crippen LogP contribution in [0.3, 0.4) is 0 Å². The maximum atomic E-state index is 12.0. The van der Waals surface area contributed by atoms with E-state index >= 15 is 0 Å². The van der Waals surface area contributed by atoms with Crippen molar-refractivity contribution < 1.29 is 14.8 Å². The van der Waals surface area contributed by atoms with E-state index in [2.05, 4.69) is 4.98 Å². The van der Waals surface area contributed by atoms with Crippen LogP contribution in [0.25, 0.3) is 12.2 Å². The number of H-pyrrole nitrogens is 1. The molecule has 126 valence electrons. The van der Waals surface area contributed by atoms with Crippen molar-refractivity contribution in [2.75, 3.05) is 0 Å². The van der Waals surface area contributed by atoms with E-state index < -0.39 is 27.3 Å². The minimum absolute atomic E-state index is 0.127. The number of ketones is 1. The Hall–Kier alpha value is -2.74. The monoisotopic (exact) mass is 347 g/mol. The second-order valence-corrected chi connectivity index (χ2v) is 7.26. The standard InChI is InChI=1S/C16H16N2O5S/c1-16(2,3)13(20)8-14-17-15(21)12(24-14)7-9-4-5-11(19)10(6-9)18(22)23/h4-8,19H,1-3H3,(H,17,21)/p-1/b12-7+,14-8+. The number of nitrogens with one attached hydrogen (secondary N) is 1. The van der Waals surface area contributed by atoms with Crippen LogP contribution in [-0.4, -0.2) is 15.7 Å². The number of aromatic nitrogens is 1. The molecule has 1 N–H and O–H groups in total. The van der Waals surface area contributed by atoms with Gasteiger partial charge >= 0.3 is 0 Å². The summed E-state index contributed by atoms with van der Waals surface area (Å²) in [4.78, 5) is 36.5. The molecule has 7 nitrogen and oxygen atoms in total. The maximum absolute atomic E-state index is 12.0. The second kappa shape index (κ2) is 6.40. The molecule has 0 aliphatic heterocycles. The first-order valence-corrected chi connectivity index (χ1v) is 7.82. The number of aromatic amines is 1. The van der Waals surface area contributed by atoms with Crippen LogP contribution in [0.1, 0.15) is 26.3 Å². The third-order valence-electron chi connectivity index (χ3n) is 3.16. The molecule has 0 atom stereocenters. The molecule has 24 heavy (non-hydrogen) atoms. The van der Waals surface area contributed by atoms with Crippen LogP contribution in [-0.2, 0) is 4.79 Å². The fourth-order valence-electron chi connectivity index (χ4n) is 1.78. The van der Waals surface area contributed by atoms with Crippen LogP contribution in [0, 0.1) is 15.5 Å². The van der Waals surface area contributed by atoms with Gasteiger partial charge in [0.05, 0.1) is 14.1 Å². The van der Waals surface area contributed by atoms with Crippen molar-refractivity contribution in [3.63, 3.8) is 0 Å². The quantitative estimate of drug-likeness (QED) is 0.646. The van der Waals surface area contributed by atoms with Gasteiger partial charge in [0.25, 0.3) is 11.2 Å². The zero-order valence-electron chi connectivity index (χ0n) is 13.3. The van der Waals surface area contributed by atoms with Crippen molar-refractivity contribution in [2.24, 2.45) is 5.41 Å². The lowest BCUT2D eigenvalue weighted by atomic mass is 9.91. The Morgan fingerprint density at radius 1 is 1.33 bits per heavy atom. The number of nitro benzene ring substituents is 1. The number of carbonyl (C=O) groups is 1. The van der Waals surface area contributed by atoms with Gasteiger partial charge in [0.15, 0.2) is 5.78 Å². The third-order valence-corrected chi connectivity index (χ3v) is 4.12. The van der Waals surface area contributed by atoms with Crippen LogP contribution in [0.5, 0.6) is 5.75 Å². The van der Waals surface area contributed by atoms with Crippen molar-refractivity contribution in [2.45, 2.75) is 20.8 Å². The maximum Gasteiger partial charge on any atom is 0.266 e. The van der Waals surface area contributed by atoms with Crippen molar-refractivity contribution in [1.82, 2.24) is 4.98 Å². The van der Waals surface area contributed by atoms with E-state index in [1.165, 1.54) is 18.2 Å². The Labute approximate surface area is 140 Å². The molecule has 0 amide bonds. The fraction of sp³-hybridized carbons (Fsp3) is 0.250. The van der Waals surface area contributed by atoms with Gasteiger partial charge in [0.1, 0.15) is 0 Å². The number of nitro groups is 1. The lowest BCUT2D eigenvalue weighted by Crippen LogP contribution is -2.22. The molecule has 1 aromatic carbocycles. The molecular weight excluding hydrogens is 332 g/mol. The van der Waals surface area contributed by atoms with Crippen LogP contribution in [0.2, 0.25) is 0 Å². The molecule has 8 heteroatoms. The van der Waals surface area contributed by atoms with E-state index in [0.29, 0.717) is 10.2 Å². The summed E-state index contributed by atoms with van der Waals surface area (Å²) in [6.45, 7) is 5.32. The highest BCUT2D eigenvalue weighted by Crippen LogP contribution is 2.23. The highest BCUT2D eigenvalue weighted by Gasteiger charge is 2.18. The van der Waals surface area contributed by atoms with E-state index in [9.17, 15) is 24.8 Å². The van der Waals surface area contributed by atoms with Crippen LogP contribution >= 0.6 is 11.3 Å². The Morgan fingerprint density at radius 3 is 2.58 bits per heavy atom. The van der Waals surface area contributed by atoms with Gasteiger partial charge < -0.3 is 10.1 Å². The van der Waals surface area contributed by atoms with Crippen molar-refractivity contribution in [3.05, 3.63) is 53.4 Å². The predicted octanol–water partition coefficient (Wildman–Crippen LogP) is 0.643. The summed E-state index contributed by atoms with van der Waals surface area (Å²) < 4.78 is 0.692. The van der Waals surface area contributed by atoms with Crippen molar-refractivity contribution >= 4 is 35.0 Å². The molecule has 0 aliphatic carbocycles. The van der Waals surface area contributed by atoms with Crippen LogP contribution in [0.15, 0.2) is 23.0 Å². The highest BCUT2D eigenvalue weighted by atomic mass is 32.1. The lowest BCUT2D eigenvalue weighted by molar-refractivity contribution is -0.398. The number of nitrogens with zero attached hydrogens (tertiary/aromatic N) is 1. The van der Waals surface area contributed by atoms with Gasteiger partial charge in [-0.15, -0.1) is 11.3 Å². The molecular formula is C16H15N2O5S-. The topological polar surface area (TPSA) is 116 Å². The van der Waals surface area contributed by atoms with Gasteiger partial charge in [-0.2, -0.15) is 0 Å². The van der Waals surface area contributed by atoms with E-state index in [1.54, 1.807) is 20.8 Å². The SMILES string of the molecule is CC(C)(C)C(=O)/C=c1\[nH]c(=O)/c(=C\c2ccc([O-])c([N+](=O)[O-])c2)s1. The van der Waals surface area contributed by atoms with Gasteiger partial charge in [-0.1, -0.05) is 32.9 Å². The second-order valence-electron chi connectivity index (χ2n) is 6.17. The molecule has 0 radical (unpaired) electrons. The first-order chi connectivity index (χ1) is 11.1. The molecule has 0 fully saturated rings. The number of carbonyl (C=O) groups excluding carboxylic acids is 1. The van der Waals surface area contributed by atoms with E-state index in [4.69, 9.17) is 0 Å². The van der Waals surface area contributed by atoms with Gasteiger partial charge in [-0.05, 0) is 17.4 Å². The van der Waals surface area contributed by atoms with Crippen LogP contribution in [0.4, 0.5) is 5.69 Å². The summed E-state index contributed by atoms with van der Waals surface area (Å²) in [6, 6.07) is 3.60. The fourth-order valence-corrected chi connectivity index (χ4v) is 2.66.